The summed E-state index contributed by atoms with van der Waals surface area (Å²) >= 11 is 11.8. The molecule has 0 aliphatic carbocycles. The molecular weight excluding hydrogens is 259 g/mol. The standard InChI is InChI=1S/C12H6Cl2N2O/c13-8-3-1-4-11(12(8)14)17-10-5-2-6-16-9(10)7-15/h1-6H. The molecule has 0 amide bonds. The average molecular weight is 265 g/mol. The monoisotopic (exact) mass is 264 g/mol. The van der Waals surface area contributed by atoms with Crippen LogP contribution in [0.5, 0.6) is 11.5 Å². The zero-order chi connectivity index (χ0) is 12.3. The summed E-state index contributed by atoms with van der Waals surface area (Å²) in [7, 11) is 0. The van der Waals surface area contributed by atoms with Gasteiger partial charge in [0.2, 0.25) is 0 Å². The van der Waals surface area contributed by atoms with Crippen molar-refractivity contribution in [1.82, 2.24) is 4.98 Å². The van der Waals surface area contributed by atoms with Gasteiger partial charge in [-0.3, -0.25) is 0 Å². The molecule has 0 saturated carbocycles. The highest BCUT2D eigenvalue weighted by Crippen LogP contribution is 2.35. The second kappa shape index (κ2) is 5.05. The van der Waals surface area contributed by atoms with E-state index in [4.69, 9.17) is 33.2 Å². The maximum absolute atomic E-state index is 8.87. The van der Waals surface area contributed by atoms with Crippen LogP contribution in [0.3, 0.4) is 0 Å². The molecule has 0 N–H and O–H groups in total. The minimum atomic E-state index is 0.198. The average Bonchev–Trinajstić information content (AvgIpc) is 2.35. The van der Waals surface area contributed by atoms with Crippen LogP contribution in [0.15, 0.2) is 36.5 Å². The van der Waals surface area contributed by atoms with Gasteiger partial charge in [-0.2, -0.15) is 5.26 Å². The van der Waals surface area contributed by atoms with Gasteiger partial charge < -0.3 is 4.74 Å². The Bertz CT molecular complexity index is 593. The van der Waals surface area contributed by atoms with Crippen LogP contribution in [0.2, 0.25) is 10.0 Å². The molecule has 0 atom stereocenters. The predicted molar refractivity (Wildman–Crippen MR) is 65.5 cm³/mol. The van der Waals surface area contributed by atoms with Gasteiger partial charge in [0.25, 0.3) is 0 Å². The lowest BCUT2D eigenvalue weighted by Crippen LogP contribution is -1.91. The normalized spacial score (nSPS) is 9.71. The number of nitrogens with zero attached hydrogens (tertiary/aromatic N) is 2. The molecule has 0 fully saturated rings. The molecule has 0 saturated heterocycles. The zero-order valence-corrected chi connectivity index (χ0v) is 10.0. The summed E-state index contributed by atoms with van der Waals surface area (Å²) in [6.45, 7) is 0. The van der Waals surface area contributed by atoms with Crippen molar-refractivity contribution in [3.63, 3.8) is 0 Å². The summed E-state index contributed by atoms with van der Waals surface area (Å²) in [4.78, 5) is 3.88. The topological polar surface area (TPSA) is 45.9 Å². The Kier molecular flexibility index (Phi) is 3.48. The largest absolute Gasteiger partial charge is 0.453 e. The highest BCUT2D eigenvalue weighted by Gasteiger charge is 2.09. The van der Waals surface area contributed by atoms with Crippen LogP contribution in [0.25, 0.3) is 0 Å². The van der Waals surface area contributed by atoms with Gasteiger partial charge in [-0.05, 0) is 24.3 Å². The van der Waals surface area contributed by atoms with Crippen molar-refractivity contribution in [2.75, 3.05) is 0 Å². The Morgan fingerprint density at radius 1 is 1.12 bits per heavy atom. The second-order valence-electron chi connectivity index (χ2n) is 3.12. The van der Waals surface area contributed by atoms with E-state index >= 15 is 0 Å². The molecule has 17 heavy (non-hydrogen) atoms. The lowest BCUT2D eigenvalue weighted by molar-refractivity contribution is 0.478. The van der Waals surface area contributed by atoms with E-state index in [2.05, 4.69) is 4.98 Å². The highest BCUT2D eigenvalue weighted by molar-refractivity contribution is 6.42. The predicted octanol–water partition coefficient (Wildman–Crippen LogP) is 4.05. The maximum atomic E-state index is 8.87. The van der Waals surface area contributed by atoms with Crippen molar-refractivity contribution in [2.45, 2.75) is 0 Å². The fourth-order valence-corrected chi connectivity index (χ4v) is 1.57. The minimum Gasteiger partial charge on any atom is -0.453 e. The van der Waals surface area contributed by atoms with Gasteiger partial charge in [0, 0.05) is 6.20 Å². The van der Waals surface area contributed by atoms with Gasteiger partial charge in [-0.25, -0.2) is 4.98 Å². The molecule has 1 aromatic heterocycles. The van der Waals surface area contributed by atoms with Gasteiger partial charge in [0.1, 0.15) is 16.8 Å². The van der Waals surface area contributed by atoms with Gasteiger partial charge in [0.15, 0.2) is 11.4 Å². The number of rotatable bonds is 2. The Balaban J connectivity index is 2.39. The van der Waals surface area contributed by atoms with E-state index in [1.54, 1.807) is 30.3 Å². The van der Waals surface area contributed by atoms with E-state index in [9.17, 15) is 0 Å². The molecular formula is C12H6Cl2N2O. The van der Waals surface area contributed by atoms with Crippen LogP contribution in [0, 0.1) is 11.3 Å². The molecule has 5 heteroatoms. The van der Waals surface area contributed by atoms with E-state index in [1.807, 2.05) is 6.07 Å². The molecule has 2 aromatic rings. The summed E-state index contributed by atoms with van der Waals surface area (Å²) in [5.74, 6) is 0.739. The molecule has 1 heterocycles. The molecule has 0 radical (unpaired) electrons. The third-order valence-electron chi connectivity index (χ3n) is 2.01. The Morgan fingerprint density at radius 2 is 1.88 bits per heavy atom. The van der Waals surface area contributed by atoms with Crippen molar-refractivity contribution >= 4 is 23.2 Å². The number of benzene rings is 1. The van der Waals surface area contributed by atoms with Crippen molar-refractivity contribution in [3.05, 3.63) is 52.3 Å². The van der Waals surface area contributed by atoms with Gasteiger partial charge in [-0.1, -0.05) is 29.3 Å². The zero-order valence-electron chi connectivity index (χ0n) is 8.52. The Labute approximate surface area is 108 Å². The maximum Gasteiger partial charge on any atom is 0.183 e. The number of aromatic nitrogens is 1. The van der Waals surface area contributed by atoms with Crippen LogP contribution >= 0.6 is 23.2 Å². The van der Waals surface area contributed by atoms with E-state index < -0.39 is 0 Å². The van der Waals surface area contributed by atoms with Gasteiger partial charge in [0.05, 0.1) is 5.02 Å². The molecule has 1 aromatic carbocycles. The first-order valence-electron chi connectivity index (χ1n) is 4.69. The number of halogens is 2. The van der Waals surface area contributed by atoms with Crippen molar-refractivity contribution in [3.8, 4) is 17.6 Å². The fraction of sp³-hybridized carbons (Fsp3) is 0. The molecule has 84 valence electrons. The molecule has 3 nitrogen and oxygen atoms in total. The number of hydrogen-bond acceptors (Lipinski definition) is 3. The Morgan fingerprint density at radius 3 is 2.65 bits per heavy atom. The molecule has 0 bridgehead atoms. The lowest BCUT2D eigenvalue weighted by atomic mass is 10.3. The van der Waals surface area contributed by atoms with E-state index in [1.165, 1.54) is 6.20 Å². The number of nitriles is 1. The van der Waals surface area contributed by atoms with Gasteiger partial charge >= 0.3 is 0 Å². The number of hydrogen-bond donors (Lipinski definition) is 0. The van der Waals surface area contributed by atoms with E-state index in [-0.39, 0.29) is 5.69 Å². The van der Waals surface area contributed by atoms with E-state index in [0.717, 1.165) is 0 Å². The van der Waals surface area contributed by atoms with Crippen LogP contribution in [-0.2, 0) is 0 Å². The first-order valence-corrected chi connectivity index (χ1v) is 5.45. The summed E-state index contributed by atoms with van der Waals surface area (Å²) in [5.41, 5.74) is 0.198. The van der Waals surface area contributed by atoms with Crippen molar-refractivity contribution in [1.29, 1.82) is 5.26 Å². The highest BCUT2D eigenvalue weighted by atomic mass is 35.5. The SMILES string of the molecule is N#Cc1ncccc1Oc1cccc(Cl)c1Cl. The summed E-state index contributed by atoms with van der Waals surface area (Å²) in [6.07, 6.45) is 1.52. The van der Waals surface area contributed by atoms with E-state index in [0.29, 0.717) is 21.5 Å². The smallest absolute Gasteiger partial charge is 0.183 e. The lowest BCUT2D eigenvalue weighted by Gasteiger charge is -2.08. The van der Waals surface area contributed by atoms with Crippen LogP contribution < -0.4 is 4.74 Å². The van der Waals surface area contributed by atoms with Crippen LogP contribution in [-0.4, -0.2) is 4.98 Å². The van der Waals surface area contributed by atoms with Gasteiger partial charge in [-0.15, -0.1) is 0 Å². The molecule has 0 aliphatic rings. The quantitative estimate of drug-likeness (QED) is 0.822. The Hall–Kier alpha value is -1.76. The third-order valence-corrected chi connectivity index (χ3v) is 2.81. The van der Waals surface area contributed by atoms with Crippen LogP contribution in [0.1, 0.15) is 5.69 Å². The van der Waals surface area contributed by atoms with Crippen molar-refractivity contribution in [2.24, 2.45) is 0 Å². The first kappa shape index (κ1) is 11.7. The number of ether oxygens (including phenoxy) is 1. The molecule has 2 rings (SSSR count). The molecule has 0 aliphatic heterocycles. The van der Waals surface area contributed by atoms with Crippen molar-refractivity contribution < 1.29 is 4.74 Å². The molecule has 0 spiro atoms. The summed E-state index contributed by atoms with van der Waals surface area (Å²) < 4.78 is 5.51. The molecule has 0 unspecified atom stereocenters. The summed E-state index contributed by atoms with van der Waals surface area (Å²) in [5, 5.41) is 9.57. The first-order chi connectivity index (χ1) is 8.22. The summed E-state index contributed by atoms with van der Waals surface area (Å²) in [6, 6.07) is 10.3. The third kappa shape index (κ3) is 2.50. The van der Waals surface area contributed by atoms with Crippen LogP contribution in [0.4, 0.5) is 0 Å². The minimum absolute atomic E-state index is 0.198. The fourth-order valence-electron chi connectivity index (χ4n) is 1.24. The second-order valence-corrected chi connectivity index (χ2v) is 3.90. The number of pyridine rings is 1.